The van der Waals surface area contributed by atoms with Gasteiger partial charge in [-0.3, -0.25) is 0 Å². The van der Waals surface area contributed by atoms with Gasteiger partial charge in [-0.25, -0.2) is 0 Å². The molecule has 0 bridgehead atoms. The Bertz CT molecular complexity index is 131. The molecule has 0 saturated heterocycles. The molecule has 3 unspecified atom stereocenters. The molecule has 1 saturated carbocycles. The van der Waals surface area contributed by atoms with Crippen LogP contribution in [0.1, 0.15) is 46.5 Å². The van der Waals surface area contributed by atoms with Gasteiger partial charge in [0.2, 0.25) is 0 Å². The third kappa shape index (κ3) is 2.48. The van der Waals surface area contributed by atoms with Crippen LogP contribution in [0.3, 0.4) is 0 Å². The van der Waals surface area contributed by atoms with Gasteiger partial charge >= 0.3 is 0 Å². The lowest BCUT2D eigenvalue weighted by Gasteiger charge is -2.33. The smallest absolute Gasteiger partial charge is 0.00415 e. The molecule has 0 aromatic heterocycles. The maximum atomic E-state index is 5.96. The van der Waals surface area contributed by atoms with Crippen LogP contribution in [0.25, 0.3) is 0 Å². The van der Waals surface area contributed by atoms with Gasteiger partial charge in [0.25, 0.3) is 0 Å². The first-order chi connectivity index (χ1) is 5.61. The molecule has 2 N–H and O–H groups in total. The topological polar surface area (TPSA) is 26.0 Å². The van der Waals surface area contributed by atoms with Crippen molar-refractivity contribution in [3.63, 3.8) is 0 Å². The zero-order valence-electron chi connectivity index (χ0n) is 8.72. The van der Waals surface area contributed by atoms with Crippen molar-refractivity contribution in [3.05, 3.63) is 0 Å². The molecule has 12 heavy (non-hydrogen) atoms. The quantitative estimate of drug-likeness (QED) is 0.676. The third-order valence-corrected chi connectivity index (χ3v) is 3.55. The number of rotatable bonds is 2. The molecule has 3 atom stereocenters. The fraction of sp³-hybridized carbons (Fsp3) is 1.00. The Morgan fingerprint density at radius 2 is 1.83 bits per heavy atom. The van der Waals surface area contributed by atoms with E-state index in [2.05, 4.69) is 20.8 Å². The normalized spacial score (nSPS) is 33.8. The lowest BCUT2D eigenvalue weighted by molar-refractivity contribution is 0.199. The van der Waals surface area contributed by atoms with Crippen molar-refractivity contribution in [2.45, 2.75) is 52.5 Å². The highest BCUT2D eigenvalue weighted by Gasteiger charge is 2.25. The van der Waals surface area contributed by atoms with Gasteiger partial charge in [0.15, 0.2) is 0 Å². The summed E-state index contributed by atoms with van der Waals surface area (Å²) in [5, 5.41) is 0. The Morgan fingerprint density at radius 1 is 1.17 bits per heavy atom. The van der Waals surface area contributed by atoms with E-state index in [4.69, 9.17) is 5.73 Å². The Morgan fingerprint density at radius 3 is 2.33 bits per heavy atom. The van der Waals surface area contributed by atoms with Crippen molar-refractivity contribution in [2.75, 3.05) is 0 Å². The van der Waals surface area contributed by atoms with Crippen LogP contribution in [0.4, 0.5) is 0 Å². The minimum absolute atomic E-state index is 0.491. The first-order valence-electron chi connectivity index (χ1n) is 5.37. The molecule has 0 aromatic rings. The van der Waals surface area contributed by atoms with Gasteiger partial charge in [-0.15, -0.1) is 0 Å². The molecule has 1 aliphatic carbocycles. The molecule has 0 amide bonds. The molecule has 1 nitrogen and oxygen atoms in total. The summed E-state index contributed by atoms with van der Waals surface area (Å²) in [7, 11) is 0. The van der Waals surface area contributed by atoms with Crippen LogP contribution in [0.5, 0.6) is 0 Å². The van der Waals surface area contributed by atoms with E-state index in [1.54, 1.807) is 0 Å². The Balaban J connectivity index is 2.40. The second-order valence-corrected chi connectivity index (χ2v) is 4.79. The summed E-state index contributed by atoms with van der Waals surface area (Å²) in [5.74, 6) is 2.57. The largest absolute Gasteiger partial charge is 0.328 e. The van der Waals surface area contributed by atoms with E-state index in [1.807, 2.05) is 0 Å². The summed E-state index contributed by atoms with van der Waals surface area (Å²) < 4.78 is 0. The maximum Gasteiger partial charge on any atom is 0.00415 e. The average molecular weight is 169 g/mol. The van der Waals surface area contributed by atoms with Crippen LogP contribution in [0.2, 0.25) is 0 Å². The highest BCUT2D eigenvalue weighted by Crippen LogP contribution is 2.32. The summed E-state index contributed by atoms with van der Waals surface area (Å²) >= 11 is 0. The lowest BCUT2D eigenvalue weighted by atomic mass is 9.75. The van der Waals surface area contributed by atoms with Crippen LogP contribution >= 0.6 is 0 Å². The number of hydrogen-bond donors (Lipinski definition) is 1. The fourth-order valence-electron chi connectivity index (χ4n) is 2.29. The highest BCUT2D eigenvalue weighted by atomic mass is 14.6. The first-order valence-corrected chi connectivity index (χ1v) is 5.37. The highest BCUT2D eigenvalue weighted by molar-refractivity contribution is 4.79. The number of hydrogen-bond acceptors (Lipinski definition) is 1. The SMILES string of the molecule is CC(C)C(C)C1CCCC(N)C1. The molecule has 0 heterocycles. The average Bonchev–Trinajstić information content (AvgIpc) is 2.03. The molecule has 0 aliphatic heterocycles. The minimum atomic E-state index is 0.491. The van der Waals surface area contributed by atoms with E-state index < -0.39 is 0 Å². The minimum Gasteiger partial charge on any atom is -0.328 e. The van der Waals surface area contributed by atoms with E-state index in [0.29, 0.717) is 6.04 Å². The monoisotopic (exact) mass is 169 g/mol. The standard InChI is InChI=1S/C11H23N/c1-8(2)9(3)10-5-4-6-11(12)7-10/h8-11H,4-7,12H2,1-3H3. The van der Waals surface area contributed by atoms with Crippen LogP contribution in [0.15, 0.2) is 0 Å². The van der Waals surface area contributed by atoms with Gasteiger partial charge in [0.05, 0.1) is 0 Å². The van der Waals surface area contributed by atoms with Gasteiger partial charge in [-0.05, 0) is 30.6 Å². The molecule has 0 spiro atoms. The van der Waals surface area contributed by atoms with E-state index in [1.165, 1.54) is 25.7 Å². The molecule has 0 aromatic carbocycles. The fourth-order valence-corrected chi connectivity index (χ4v) is 2.29. The summed E-state index contributed by atoms with van der Waals surface area (Å²) in [6, 6.07) is 0.491. The van der Waals surface area contributed by atoms with E-state index in [9.17, 15) is 0 Å². The van der Waals surface area contributed by atoms with Gasteiger partial charge in [0.1, 0.15) is 0 Å². The summed E-state index contributed by atoms with van der Waals surface area (Å²) in [6.45, 7) is 7.03. The van der Waals surface area contributed by atoms with Gasteiger partial charge < -0.3 is 5.73 Å². The third-order valence-electron chi connectivity index (χ3n) is 3.55. The Kier molecular flexibility index (Phi) is 3.57. The molecule has 0 radical (unpaired) electrons. The molecular weight excluding hydrogens is 146 g/mol. The second-order valence-electron chi connectivity index (χ2n) is 4.79. The molecule has 1 heteroatoms. The van der Waals surface area contributed by atoms with E-state index in [0.717, 1.165) is 17.8 Å². The maximum absolute atomic E-state index is 5.96. The summed E-state index contributed by atoms with van der Waals surface area (Å²) in [6.07, 6.45) is 5.27. The molecule has 1 rings (SSSR count). The van der Waals surface area contributed by atoms with Crippen molar-refractivity contribution in [1.82, 2.24) is 0 Å². The van der Waals surface area contributed by atoms with Crippen LogP contribution in [-0.2, 0) is 0 Å². The second kappa shape index (κ2) is 4.27. The predicted octanol–water partition coefficient (Wildman–Crippen LogP) is 2.80. The molecule has 1 aliphatic rings. The van der Waals surface area contributed by atoms with Gasteiger partial charge in [-0.1, -0.05) is 33.6 Å². The van der Waals surface area contributed by atoms with Crippen LogP contribution in [0, 0.1) is 17.8 Å². The van der Waals surface area contributed by atoms with Crippen molar-refractivity contribution >= 4 is 0 Å². The van der Waals surface area contributed by atoms with Crippen molar-refractivity contribution in [1.29, 1.82) is 0 Å². The Labute approximate surface area is 76.7 Å². The van der Waals surface area contributed by atoms with Crippen LogP contribution < -0.4 is 5.73 Å². The van der Waals surface area contributed by atoms with Crippen molar-refractivity contribution in [3.8, 4) is 0 Å². The zero-order chi connectivity index (χ0) is 9.14. The molecular formula is C11H23N. The van der Waals surface area contributed by atoms with Gasteiger partial charge in [0, 0.05) is 6.04 Å². The van der Waals surface area contributed by atoms with Gasteiger partial charge in [-0.2, -0.15) is 0 Å². The summed E-state index contributed by atoms with van der Waals surface area (Å²) in [4.78, 5) is 0. The zero-order valence-corrected chi connectivity index (χ0v) is 8.72. The number of nitrogens with two attached hydrogens (primary N) is 1. The van der Waals surface area contributed by atoms with E-state index >= 15 is 0 Å². The first kappa shape index (κ1) is 10.0. The van der Waals surface area contributed by atoms with Crippen molar-refractivity contribution in [2.24, 2.45) is 23.5 Å². The van der Waals surface area contributed by atoms with Crippen molar-refractivity contribution < 1.29 is 0 Å². The van der Waals surface area contributed by atoms with Crippen LogP contribution in [-0.4, -0.2) is 6.04 Å². The molecule has 1 fully saturated rings. The predicted molar refractivity (Wildman–Crippen MR) is 53.9 cm³/mol. The lowest BCUT2D eigenvalue weighted by Crippen LogP contribution is -2.32. The Hall–Kier alpha value is -0.0400. The summed E-state index contributed by atoms with van der Waals surface area (Å²) in [5.41, 5.74) is 5.96. The molecule has 72 valence electrons. The van der Waals surface area contributed by atoms with E-state index in [-0.39, 0.29) is 0 Å².